The van der Waals surface area contributed by atoms with E-state index in [1.165, 1.54) is 29.9 Å². The van der Waals surface area contributed by atoms with E-state index in [4.69, 9.17) is 5.73 Å². The first-order chi connectivity index (χ1) is 13.8. The number of para-hydroxylation sites is 1. The molecule has 0 unspecified atom stereocenters. The van der Waals surface area contributed by atoms with E-state index in [0.717, 1.165) is 16.8 Å². The largest absolute Gasteiger partial charge is 0.366 e. The summed E-state index contributed by atoms with van der Waals surface area (Å²) in [5, 5.41) is 4.03. The standard InChI is InChI=1S/C20H15F2N5O2/c1-10-6-7-11(18(23)28)8-12(10)16-20(29)26(2)19-15(25-16)9-24-27(19)17-13(21)4-3-5-14(17)22/h3-9H,1-2H3,(H2,23,28). The molecule has 0 saturated heterocycles. The molecule has 0 aliphatic rings. The second-order valence-corrected chi connectivity index (χ2v) is 6.55. The van der Waals surface area contributed by atoms with Gasteiger partial charge in [-0.1, -0.05) is 12.1 Å². The van der Waals surface area contributed by atoms with Crippen molar-refractivity contribution in [3.63, 3.8) is 0 Å². The fourth-order valence-electron chi connectivity index (χ4n) is 3.21. The zero-order chi connectivity index (χ0) is 20.9. The smallest absolute Gasteiger partial charge is 0.278 e. The van der Waals surface area contributed by atoms with Crippen LogP contribution in [0, 0.1) is 18.6 Å². The number of amides is 1. The van der Waals surface area contributed by atoms with Crippen LogP contribution in [0.4, 0.5) is 8.78 Å². The monoisotopic (exact) mass is 395 g/mol. The molecule has 2 N–H and O–H groups in total. The van der Waals surface area contributed by atoms with E-state index in [9.17, 15) is 18.4 Å². The van der Waals surface area contributed by atoms with Crippen molar-refractivity contribution in [3.8, 4) is 16.9 Å². The molecular formula is C20H15F2N5O2. The fraction of sp³-hybridized carbons (Fsp3) is 0.100. The molecule has 2 aromatic carbocycles. The highest BCUT2D eigenvalue weighted by Crippen LogP contribution is 2.25. The summed E-state index contributed by atoms with van der Waals surface area (Å²) in [6.45, 7) is 1.77. The van der Waals surface area contributed by atoms with Gasteiger partial charge in [-0.25, -0.2) is 18.4 Å². The maximum Gasteiger partial charge on any atom is 0.278 e. The summed E-state index contributed by atoms with van der Waals surface area (Å²) >= 11 is 0. The van der Waals surface area contributed by atoms with Crippen LogP contribution >= 0.6 is 0 Å². The quantitative estimate of drug-likeness (QED) is 0.576. The van der Waals surface area contributed by atoms with Crippen LogP contribution in [0.25, 0.3) is 28.1 Å². The van der Waals surface area contributed by atoms with Crippen LogP contribution in [-0.2, 0) is 7.05 Å². The molecule has 0 atom stereocenters. The molecule has 2 heterocycles. The number of hydrogen-bond acceptors (Lipinski definition) is 4. The summed E-state index contributed by atoms with van der Waals surface area (Å²) in [5.74, 6) is -2.28. The van der Waals surface area contributed by atoms with Crippen molar-refractivity contribution in [1.29, 1.82) is 0 Å². The van der Waals surface area contributed by atoms with Crippen LogP contribution in [-0.4, -0.2) is 25.2 Å². The van der Waals surface area contributed by atoms with Gasteiger partial charge in [0.15, 0.2) is 17.3 Å². The maximum atomic E-state index is 14.2. The molecule has 29 heavy (non-hydrogen) atoms. The Balaban J connectivity index is 2.01. The van der Waals surface area contributed by atoms with Gasteiger partial charge < -0.3 is 5.73 Å². The SMILES string of the molecule is Cc1ccc(C(N)=O)cc1-c1nc2cnn(-c3c(F)cccc3F)c2n(C)c1=O. The predicted octanol–water partition coefficient (Wildman–Crippen LogP) is 2.47. The topological polar surface area (TPSA) is 95.8 Å². The molecule has 0 aliphatic heterocycles. The molecule has 0 spiro atoms. The molecule has 0 aliphatic carbocycles. The summed E-state index contributed by atoms with van der Waals surface area (Å²) in [7, 11) is 1.46. The van der Waals surface area contributed by atoms with Crippen molar-refractivity contribution >= 4 is 17.1 Å². The van der Waals surface area contributed by atoms with E-state index in [0.29, 0.717) is 11.1 Å². The molecule has 9 heteroatoms. The lowest BCUT2D eigenvalue weighted by atomic mass is 10.0. The van der Waals surface area contributed by atoms with E-state index in [2.05, 4.69) is 10.1 Å². The first-order valence-electron chi connectivity index (χ1n) is 8.59. The Bertz CT molecular complexity index is 1340. The van der Waals surface area contributed by atoms with Crippen LogP contribution in [0.3, 0.4) is 0 Å². The number of hydrogen-bond donors (Lipinski definition) is 1. The number of nitrogens with two attached hydrogens (primary N) is 1. The van der Waals surface area contributed by atoms with Crippen molar-refractivity contribution in [2.75, 3.05) is 0 Å². The number of carbonyl (C=O) groups excluding carboxylic acids is 1. The van der Waals surface area contributed by atoms with Gasteiger partial charge in [-0.3, -0.25) is 14.2 Å². The van der Waals surface area contributed by atoms with Gasteiger partial charge in [0.2, 0.25) is 5.91 Å². The van der Waals surface area contributed by atoms with Gasteiger partial charge in [-0.2, -0.15) is 5.10 Å². The van der Waals surface area contributed by atoms with Gasteiger partial charge in [0.25, 0.3) is 5.56 Å². The minimum Gasteiger partial charge on any atom is -0.366 e. The Hall–Kier alpha value is -3.88. The van der Waals surface area contributed by atoms with Gasteiger partial charge in [0.1, 0.15) is 16.9 Å². The Kier molecular flexibility index (Phi) is 4.22. The van der Waals surface area contributed by atoms with Gasteiger partial charge >= 0.3 is 0 Å². The highest BCUT2D eigenvalue weighted by molar-refractivity contribution is 5.94. The molecule has 0 saturated carbocycles. The molecule has 2 aromatic heterocycles. The van der Waals surface area contributed by atoms with Crippen molar-refractivity contribution in [1.82, 2.24) is 19.3 Å². The first kappa shape index (κ1) is 18.5. The zero-order valence-electron chi connectivity index (χ0n) is 15.5. The number of aromatic nitrogens is 4. The summed E-state index contributed by atoms with van der Waals surface area (Å²) in [6, 6.07) is 8.16. The molecule has 1 amide bonds. The number of fused-ring (bicyclic) bond motifs is 1. The van der Waals surface area contributed by atoms with Crippen LogP contribution in [0.1, 0.15) is 15.9 Å². The van der Waals surface area contributed by atoms with E-state index >= 15 is 0 Å². The minimum absolute atomic E-state index is 0.0779. The van der Waals surface area contributed by atoms with Crippen LogP contribution in [0.2, 0.25) is 0 Å². The molecule has 7 nitrogen and oxygen atoms in total. The van der Waals surface area contributed by atoms with E-state index in [1.807, 2.05) is 0 Å². The van der Waals surface area contributed by atoms with E-state index in [1.54, 1.807) is 19.1 Å². The average molecular weight is 395 g/mol. The molecule has 146 valence electrons. The van der Waals surface area contributed by atoms with Crippen molar-refractivity contribution < 1.29 is 13.6 Å². The second-order valence-electron chi connectivity index (χ2n) is 6.55. The van der Waals surface area contributed by atoms with Crippen LogP contribution in [0.5, 0.6) is 0 Å². The summed E-state index contributed by atoms with van der Waals surface area (Å²) in [6.07, 6.45) is 1.32. The van der Waals surface area contributed by atoms with Crippen LogP contribution < -0.4 is 11.3 Å². The molecular weight excluding hydrogens is 380 g/mol. The molecule has 0 radical (unpaired) electrons. The Morgan fingerprint density at radius 3 is 2.48 bits per heavy atom. The minimum atomic E-state index is -0.823. The lowest BCUT2D eigenvalue weighted by Gasteiger charge is -2.11. The summed E-state index contributed by atoms with van der Waals surface area (Å²) < 4.78 is 30.7. The maximum absolute atomic E-state index is 14.2. The zero-order valence-corrected chi connectivity index (χ0v) is 15.5. The Morgan fingerprint density at radius 1 is 1.14 bits per heavy atom. The third-order valence-electron chi connectivity index (χ3n) is 4.71. The third kappa shape index (κ3) is 2.87. The third-order valence-corrected chi connectivity index (χ3v) is 4.71. The fourth-order valence-corrected chi connectivity index (χ4v) is 3.21. The number of rotatable bonds is 3. The molecule has 0 bridgehead atoms. The normalized spacial score (nSPS) is 11.2. The van der Waals surface area contributed by atoms with Gasteiger partial charge in [-0.05, 0) is 36.8 Å². The summed E-state index contributed by atoms with van der Waals surface area (Å²) in [5.41, 5.74) is 6.28. The average Bonchev–Trinajstić information content (AvgIpc) is 3.08. The molecule has 4 aromatic rings. The van der Waals surface area contributed by atoms with E-state index in [-0.39, 0.29) is 22.4 Å². The van der Waals surface area contributed by atoms with Crippen LogP contribution in [0.15, 0.2) is 47.4 Å². The Labute approximate surface area is 163 Å². The second kappa shape index (κ2) is 6.62. The number of aryl methyl sites for hydroxylation is 2. The predicted molar refractivity (Wildman–Crippen MR) is 103 cm³/mol. The number of halogens is 2. The summed E-state index contributed by atoms with van der Waals surface area (Å²) in [4.78, 5) is 28.9. The van der Waals surface area contributed by atoms with Gasteiger partial charge in [0.05, 0.1) is 6.20 Å². The first-order valence-corrected chi connectivity index (χ1v) is 8.59. The van der Waals surface area contributed by atoms with Gasteiger partial charge in [-0.15, -0.1) is 0 Å². The highest BCUT2D eigenvalue weighted by Gasteiger charge is 2.20. The number of primary amides is 1. The van der Waals surface area contributed by atoms with Crippen molar-refractivity contribution in [2.24, 2.45) is 12.8 Å². The number of nitrogens with zero attached hydrogens (tertiary/aromatic N) is 4. The lowest BCUT2D eigenvalue weighted by molar-refractivity contribution is 0.100. The molecule has 4 rings (SSSR count). The Morgan fingerprint density at radius 2 is 1.83 bits per heavy atom. The van der Waals surface area contributed by atoms with Gasteiger partial charge in [0, 0.05) is 18.2 Å². The van der Waals surface area contributed by atoms with E-state index < -0.39 is 28.8 Å². The molecule has 0 fully saturated rings. The van der Waals surface area contributed by atoms with Crippen molar-refractivity contribution in [2.45, 2.75) is 6.92 Å². The van der Waals surface area contributed by atoms with Crippen molar-refractivity contribution in [3.05, 3.63) is 75.7 Å². The number of carbonyl (C=O) groups is 1. The number of benzene rings is 2. The lowest BCUT2D eigenvalue weighted by Crippen LogP contribution is -2.23. The highest BCUT2D eigenvalue weighted by atomic mass is 19.1.